The highest BCUT2D eigenvalue weighted by molar-refractivity contribution is 7.89. The largest absolute Gasteiger partial charge is 0.361 e. The molecule has 0 spiro atoms. The summed E-state index contributed by atoms with van der Waals surface area (Å²) in [5, 5.41) is 8.74. The normalized spacial score (nSPS) is 21.4. The number of hydrogen-bond donors (Lipinski definition) is 0. The molecule has 5 nitrogen and oxygen atoms in total. The lowest BCUT2D eigenvalue weighted by Crippen LogP contribution is -2.44. The molecule has 0 amide bonds. The van der Waals surface area contributed by atoms with Crippen molar-refractivity contribution >= 4 is 10.0 Å². The number of ether oxygens (including phenoxy) is 1. The Hall–Kier alpha value is -1.49. The van der Waals surface area contributed by atoms with Gasteiger partial charge in [-0.2, -0.15) is 9.57 Å². The maximum absolute atomic E-state index is 12.8. The SMILES string of the molecule is N#CC1CN(S(=O)(=O)c2ccc(F)cc2)CCO1. The number of nitrogens with zero attached hydrogens (tertiary/aromatic N) is 2. The van der Waals surface area contributed by atoms with Crippen LogP contribution in [0.2, 0.25) is 0 Å². The zero-order valence-electron chi connectivity index (χ0n) is 9.41. The molecule has 1 saturated heterocycles. The van der Waals surface area contributed by atoms with Gasteiger partial charge in [-0.15, -0.1) is 0 Å². The molecule has 1 atom stereocenters. The fraction of sp³-hybridized carbons (Fsp3) is 0.364. The molecule has 2 rings (SSSR count). The van der Waals surface area contributed by atoms with Gasteiger partial charge < -0.3 is 4.74 Å². The van der Waals surface area contributed by atoms with Gasteiger partial charge in [-0.05, 0) is 24.3 Å². The molecule has 0 aromatic heterocycles. The highest BCUT2D eigenvalue weighted by Gasteiger charge is 2.30. The average molecular weight is 270 g/mol. The van der Waals surface area contributed by atoms with E-state index in [1.165, 1.54) is 16.4 Å². The van der Waals surface area contributed by atoms with Crippen LogP contribution in [0.3, 0.4) is 0 Å². The van der Waals surface area contributed by atoms with E-state index in [9.17, 15) is 12.8 Å². The van der Waals surface area contributed by atoms with Crippen LogP contribution in [0.5, 0.6) is 0 Å². The van der Waals surface area contributed by atoms with Gasteiger partial charge in [-0.3, -0.25) is 0 Å². The van der Waals surface area contributed by atoms with Gasteiger partial charge >= 0.3 is 0 Å². The molecule has 0 bridgehead atoms. The molecule has 0 saturated carbocycles. The third kappa shape index (κ3) is 2.51. The van der Waals surface area contributed by atoms with Gasteiger partial charge in [0.15, 0.2) is 6.10 Å². The van der Waals surface area contributed by atoms with E-state index in [1.54, 1.807) is 0 Å². The monoisotopic (exact) mass is 270 g/mol. The van der Waals surface area contributed by atoms with Crippen LogP contribution in [-0.4, -0.2) is 38.5 Å². The summed E-state index contributed by atoms with van der Waals surface area (Å²) in [7, 11) is -3.69. The van der Waals surface area contributed by atoms with Crippen LogP contribution in [0.15, 0.2) is 29.2 Å². The van der Waals surface area contributed by atoms with Crippen molar-refractivity contribution in [2.75, 3.05) is 19.7 Å². The minimum absolute atomic E-state index is 0.00376. The van der Waals surface area contributed by atoms with Crippen molar-refractivity contribution in [3.05, 3.63) is 30.1 Å². The van der Waals surface area contributed by atoms with Gasteiger partial charge in [0, 0.05) is 6.54 Å². The number of nitriles is 1. The molecule has 1 heterocycles. The Morgan fingerprint density at radius 3 is 2.67 bits per heavy atom. The second kappa shape index (κ2) is 5.02. The highest BCUT2D eigenvalue weighted by atomic mass is 32.2. The summed E-state index contributed by atoms with van der Waals surface area (Å²) in [5.41, 5.74) is 0. The van der Waals surface area contributed by atoms with Crippen molar-refractivity contribution in [1.29, 1.82) is 5.26 Å². The minimum Gasteiger partial charge on any atom is -0.361 e. The number of hydrogen-bond acceptors (Lipinski definition) is 4. The van der Waals surface area contributed by atoms with E-state index < -0.39 is 21.9 Å². The Labute approximate surface area is 104 Å². The summed E-state index contributed by atoms with van der Waals surface area (Å²) in [6.07, 6.45) is -0.756. The first-order valence-electron chi connectivity index (χ1n) is 5.31. The molecule has 96 valence electrons. The second-order valence-corrected chi connectivity index (χ2v) is 5.74. The number of sulfonamides is 1. The van der Waals surface area contributed by atoms with Gasteiger partial charge in [-0.25, -0.2) is 12.8 Å². The molecule has 1 aromatic carbocycles. The minimum atomic E-state index is -3.69. The Morgan fingerprint density at radius 1 is 1.39 bits per heavy atom. The number of rotatable bonds is 2. The maximum Gasteiger partial charge on any atom is 0.243 e. The molecule has 7 heteroatoms. The quantitative estimate of drug-likeness (QED) is 0.794. The number of benzene rings is 1. The van der Waals surface area contributed by atoms with Crippen LogP contribution in [0.4, 0.5) is 4.39 Å². The second-order valence-electron chi connectivity index (χ2n) is 3.81. The van der Waals surface area contributed by atoms with Crippen LogP contribution in [0, 0.1) is 17.1 Å². The van der Waals surface area contributed by atoms with Crippen LogP contribution in [0.1, 0.15) is 0 Å². The van der Waals surface area contributed by atoms with E-state index in [2.05, 4.69) is 0 Å². The molecule has 0 radical (unpaired) electrons. The van der Waals surface area contributed by atoms with Gasteiger partial charge in [0.05, 0.1) is 24.1 Å². The van der Waals surface area contributed by atoms with Crippen molar-refractivity contribution in [3.63, 3.8) is 0 Å². The van der Waals surface area contributed by atoms with Crippen molar-refractivity contribution in [1.82, 2.24) is 4.31 Å². The Bertz CT molecular complexity index is 565. The molecular formula is C11H11FN2O3S. The van der Waals surface area contributed by atoms with Gasteiger partial charge in [0.2, 0.25) is 10.0 Å². The summed E-state index contributed by atoms with van der Waals surface area (Å²) >= 11 is 0. The van der Waals surface area contributed by atoms with Crippen molar-refractivity contribution in [2.24, 2.45) is 0 Å². The molecule has 1 aromatic rings. The lowest BCUT2D eigenvalue weighted by Gasteiger charge is -2.28. The molecule has 0 N–H and O–H groups in total. The first kappa shape index (κ1) is 13.0. The lowest BCUT2D eigenvalue weighted by molar-refractivity contribution is 0.0311. The van der Waals surface area contributed by atoms with Crippen molar-refractivity contribution in [2.45, 2.75) is 11.0 Å². The summed E-state index contributed by atoms with van der Waals surface area (Å²) in [4.78, 5) is 0.0162. The van der Waals surface area contributed by atoms with Crippen LogP contribution >= 0.6 is 0 Å². The molecular weight excluding hydrogens is 259 g/mol. The van der Waals surface area contributed by atoms with Crippen molar-refractivity contribution < 1.29 is 17.5 Å². The molecule has 0 aliphatic carbocycles. The van der Waals surface area contributed by atoms with Crippen LogP contribution in [0.25, 0.3) is 0 Å². The molecule has 1 fully saturated rings. The Morgan fingerprint density at radius 2 is 2.06 bits per heavy atom. The maximum atomic E-state index is 12.8. The smallest absolute Gasteiger partial charge is 0.243 e. The summed E-state index contributed by atoms with van der Waals surface area (Å²) in [6, 6.07) is 6.48. The third-order valence-electron chi connectivity index (χ3n) is 2.62. The zero-order chi connectivity index (χ0) is 13.2. The fourth-order valence-corrected chi connectivity index (χ4v) is 3.10. The highest BCUT2D eigenvalue weighted by Crippen LogP contribution is 2.18. The predicted molar refractivity (Wildman–Crippen MR) is 60.5 cm³/mol. The van der Waals surface area contributed by atoms with Crippen molar-refractivity contribution in [3.8, 4) is 6.07 Å². The molecule has 1 aliphatic rings. The Kier molecular flexibility index (Phi) is 3.61. The van der Waals surface area contributed by atoms with E-state index in [0.29, 0.717) is 0 Å². The van der Waals surface area contributed by atoms with E-state index in [-0.39, 0.29) is 24.6 Å². The van der Waals surface area contributed by atoms with Gasteiger partial charge in [-0.1, -0.05) is 0 Å². The lowest BCUT2D eigenvalue weighted by atomic mass is 10.3. The van der Waals surface area contributed by atoms with Gasteiger partial charge in [0.1, 0.15) is 5.82 Å². The predicted octanol–water partition coefficient (Wildman–Crippen LogP) is 0.739. The molecule has 1 aliphatic heterocycles. The van der Waals surface area contributed by atoms with E-state index in [4.69, 9.17) is 10.00 Å². The first-order valence-corrected chi connectivity index (χ1v) is 6.75. The van der Waals surface area contributed by atoms with E-state index in [0.717, 1.165) is 12.1 Å². The topological polar surface area (TPSA) is 70.4 Å². The van der Waals surface area contributed by atoms with Gasteiger partial charge in [0.25, 0.3) is 0 Å². The van der Waals surface area contributed by atoms with E-state index >= 15 is 0 Å². The standard InChI is InChI=1S/C11H11FN2O3S/c12-9-1-3-11(4-2-9)18(15,16)14-5-6-17-10(7-13)8-14/h1-4,10H,5-6,8H2. The van der Waals surface area contributed by atoms with E-state index in [1.807, 2.05) is 6.07 Å². The molecule has 18 heavy (non-hydrogen) atoms. The zero-order valence-corrected chi connectivity index (χ0v) is 10.2. The number of morpholine rings is 1. The summed E-state index contributed by atoms with van der Waals surface area (Å²) in [5.74, 6) is -0.495. The average Bonchev–Trinajstić information content (AvgIpc) is 2.39. The fourth-order valence-electron chi connectivity index (χ4n) is 1.68. The Balaban J connectivity index is 2.26. The third-order valence-corrected chi connectivity index (χ3v) is 4.50. The van der Waals surface area contributed by atoms with Crippen LogP contribution < -0.4 is 0 Å². The summed E-state index contributed by atoms with van der Waals surface area (Å²) < 4.78 is 43.4. The number of halogens is 1. The first-order chi connectivity index (χ1) is 8.54. The van der Waals surface area contributed by atoms with Crippen LogP contribution in [-0.2, 0) is 14.8 Å². The summed E-state index contributed by atoms with van der Waals surface area (Å²) in [6.45, 7) is 0.368. The molecule has 1 unspecified atom stereocenters.